The first-order chi connectivity index (χ1) is 8.27. The van der Waals surface area contributed by atoms with Crippen LogP contribution in [0.15, 0.2) is 36.7 Å². The van der Waals surface area contributed by atoms with E-state index in [2.05, 4.69) is 48.1 Å². The average Bonchev–Trinajstić information content (AvgIpc) is 2.83. The Kier molecular flexibility index (Phi) is 3.76. The van der Waals surface area contributed by atoms with Crippen molar-refractivity contribution in [2.75, 3.05) is 0 Å². The van der Waals surface area contributed by atoms with E-state index < -0.39 is 0 Å². The van der Waals surface area contributed by atoms with Crippen molar-refractivity contribution >= 4 is 6.08 Å². The molecule has 1 aromatic heterocycles. The summed E-state index contributed by atoms with van der Waals surface area (Å²) in [4.78, 5) is 7.21. The molecule has 0 amide bonds. The van der Waals surface area contributed by atoms with Crippen LogP contribution in [-0.2, 0) is 6.42 Å². The van der Waals surface area contributed by atoms with Crippen LogP contribution in [0.5, 0.6) is 0 Å². The highest BCUT2D eigenvalue weighted by Crippen LogP contribution is 2.14. The van der Waals surface area contributed by atoms with E-state index >= 15 is 0 Å². The van der Waals surface area contributed by atoms with Crippen molar-refractivity contribution in [3.05, 3.63) is 59.2 Å². The lowest BCUT2D eigenvalue weighted by Crippen LogP contribution is -1.91. The van der Waals surface area contributed by atoms with Crippen LogP contribution < -0.4 is 0 Å². The smallest absolute Gasteiger partial charge is 0.129 e. The lowest BCUT2D eigenvalue weighted by atomic mass is 10.00. The van der Waals surface area contributed by atoms with E-state index in [1.54, 1.807) is 6.20 Å². The number of nitrogens with one attached hydrogen (secondary N) is 1. The van der Waals surface area contributed by atoms with Gasteiger partial charge in [-0.3, -0.25) is 0 Å². The highest BCUT2D eigenvalue weighted by atomic mass is 14.9. The van der Waals surface area contributed by atoms with Gasteiger partial charge in [-0.15, -0.1) is 0 Å². The van der Waals surface area contributed by atoms with Crippen LogP contribution in [0.2, 0.25) is 0 Å². The van der Waals surface area contributed by atoms with Crippen molar-refractivity contribution in [2.45, 2.75) is 26.7 Å². The Morgan fingerprint density at radius 1 is 1.29 bits per heavy atom. The fourth-order valence-electron chi connectivity index (χ4n) is 1.89. The largest absolute Gasteiger partial charge is 0.345 e. The quantitative estimate of drug-likeness (QED) is 0.846. The monoisotopic (exact) mass is 226 g/mol. The SMILES string of the molecule is Cc1cccc(CC/C=C/c2ncc[nH]2)c1C. The van der Waals surface area contributed by atoms with Crippen LogP contribution in [0.3, 0.4) is 0 Å². The third-order valence-electron chi connectivity index (χ3n) is 3.09. The van der Waals surface area contributed by atoms with Crippen molar-refractivity contribution in [2.24, 2.45) is 0 Å². The molecule has 2 rings (SSSR count). The number of allylic oxidation sites excluding steroid dienone is 1. The summed E-state index contributed by atoms with van der Waals surface area (Å²) in [5.41, 5.74) is 4.23. The second-order valence-electron chi connectivity index (χ2n) is 4.27. The van der Waals surface area contributed by atoms with E-state index in [4.69, 9.17) is 0 Å². The Hall–Kier alpha value is -1.83. The molecule has 0 atom stereocenters. The molecule has 2 heteroatoms. The van der Waals surface area contributed by atoms with Gasteiger partial charge in [0.25, 0.3) is 0 Å². The minimum Gasteiger partial charge on any atom is -0.345 e. The molecule has 0 saturated carbocycles. The lowest BCUT2D eigenvalue weighted by molar-refractivity contribution is 0.984. The molecule has 0 bridgehead atoms. The molecule has 0 radical (unpaired) electrons. The summed E-state index contributed by atoms with van der Waals surface area (Å²) in [6, 6.07) is 6.51. The Morgan fingerprint density at radius 3 is 2.94 bits per heavy atom. The molecule has 0 aliphatic carbocycles. The fraction of sp³-hybridized carbons (Fsp3) is 0.267. The number of hydrogen-bond donors (Lipinski definition) is 1. The first kappa shape index (κ1) is 11.6. The van der Waals surface area contributed by atoms with Gasteiger partial charge in [0, 0.05) is 12.4 Å². The summed E-state index contributed by atoms with van der Waals surface area (Å²) >= 11 is 0. The molecule has 1 heterocycles. The highest BCUT2D eigenvalue weighted by molar-refractivity contribution is 5.39. The van der Waals surface area contributed by atoms with Crippen molar-refractivity contribution < 1.29 is 0 Å². The Labute approximate surface area is 102 Å². The number of rotatable bonds is 4. The van der Waals surface area contributed by atoms with E-state index in [1.165, 1.54) is 16.7 Å². The second kappa shape index (κ2) is 5.48. The van der Waals surface area contributed by atoms with E-state index in [-0.39, 0.29) is 0 Å². The van der Waals surface area contributed by atoms with E-state index in [0.717, 1.165) is 18.7 Å². The number of benzene rings is 1. The number of hydrogen-bond acceptors (Lipinski definition) is 1. The lowest BCUT2D eigenvalue weighted by Gasteiger charge is -2.06. The highest BCUT2D eigenvalue weighted by Gasteiger charge is 1.98. The molecule has 0 spiro atoms. The van der Waals surface area contributed by atoms with Gasteiger partial charge >= 0.3 is 0 Å². The van der Waals surface area contributed by atoms with Gasteiger partial charge in [0.2, 0.25) is 0 Å². The van der Waals surface area contributed by atoms with Gasteiger partial charge in [0.1, 0.15) is 5.82 Å². The minimum atomic E-state index is 0.922. The van der Waals surface area contributed by atoms with Crippen molar-refractivity contribution in [3.63, 3.8) is 0 Å². The van der Waals surface area contributed by atoms with E-state index in [0.29, 0.717) is 0 Å². The predicted octanol–water partition coefficient (Wildman–Crippen LogP) is 3.67. The topological polar surface area (TPSA) is 28.7 Å². The molecule has 2 aromatic rings. The number of aryl methyl sites for hydroxylation is 2. The van der Waals surface area contributed by atoms with Gasteiger partial charge in [-0.25, -0.2) is 4.98 Å². The predicted molar refractivity (Wildman–Crippen MR) is 71.9 cm³/mol. The average molecular weight is 226 g/mol. The zero-order valence-electron chi connectivity index (χ0n) is 10.4. The van der Waals surface area contributed by atoms with Gasteiger partial charge < -0.3 is 4.98 Å². The summed E-state index contributed by atoms with van der Waals surface area (Å²) in [6.45, 7) is 4.36. The number of H-pyrrole nitrogens is 1. The normalized spacial score (nSPS) is 11.2. The third kappa shape index (κ3) is 3.06. The first-order valence-corrected chi connectivity index (χ1v) is 5.98. The third-order valence-corrected chi connectivity index (χ3v) is 3.09. The molecular formula is C15H18N2. The summed E-state index contributed by atoms with van der Waals surface area (Å²) < 4.78 is 0. The second-order valence-corrected chi connectivity index (χ2v) is 4.27. The Balaban J connectivity index is 1.92. The van der Waals surface area contributed by atoms with Gasteiger partial charge in [-0.1, -0.05) is 24.3 Å². The summed E-state index contributed by atoms with van der Waals surface area (Å²) in [5, 5.41) is 0. The van der Waals surface area contributed by atoms with E-state index in [1.807, 2.05) is 12.3 Å². The van der Waals surface area contributed by atoms with E-state index in [9.17, 15) is 0 Å². The van der Waals surface area contributed by atoms with Crippen molar-refractivity contribution in [1.82, 2.24) is 9.97 Å². The van der Waals surface area contributed by atoms with Crippen LogP contribution in [0.25, 0.3) is 6.08 Å². The minimum absolute atomic E-state index is 0.922. The molecule has 17 heavy (non-hydrogen) atoms. The molecule has 0 fully saturated rings. The van der Waals surface area contributed by atoms with Crippen LogP contribution >= 0.6 is 0 Å². The zero-order chi connectivity index (χ0) is 12.1. The molecule has 2 nitrogen and oxygen atoms in total. The maximum atomic E-state index is 4.15. The fourth-order valence-corrected chi connectivity index (χ4v) is 1.89. The van der Waals surface area contributed by atoms with Gasteiger partial charge in [-0.05, 0) is 49.5 Å². The Bertz CT molecular complexity index is 496. The van der Waals surface area contributed by atoms with Crippen LogP contribution in [0.1, 0.15) is 28.9 Å². The number of nitrogens with zero attached hydrogens (tertiary/aromatic N) is 1. The maximum absolute atomic E-state index is 4.15. The molecule has 88 valence electrons. The van der Waals surface area contributed by atoms with Gasteiger partial charge in [0.15, 0.2) is 0 Å². The van der Waals surface area contributed by atoms with Crippen molar-refractivity contribution in [3.8, 4) is 0 Å². The Morgan fingerprint density at radius 2 is 2.18 bits per heavy atom. The van der Waals surface area contributed by atoms with Gasteiger partial charge in [-0.2, -0.15) is 0 Å². The van der Waals surface area contributed by atoms with Crippen LogP contribution in [-0.4, -0.2) is 9.97 Å². The zero-order valence-corrected chi connectivity index (χ0v) is 10.4. The number of aromatic amines is 1. The molecular weight excluding hydrogens is 208 g/mol. The molecule has 0 unspecified atom stereocenters. The summed E-state index contributed by atoms with van der Waals surface area (Å²) in [6.07, 6.45) is 9.94. The molecule has 0 saturated heterocycles. The van der Waals surface area contributed by atoms with Gasteiger partial charge in [0.05, 0.1) is 0 Å². The molecule has 0 aliphatic heterocycles. The first-order valence-electron chi connectivity index (χ1n) is 5.98. The van der Waals surface area contributed by atoms with Crippen LogP contribution in [0.4, 0.5) is 0 Å². The molecule has 1 aromatic carbocycles. The summed E-state index contributed by atoms with van der Waals surface area (Å²) in [5.74, 6) is 0.922. The number of aromatic nitrogens is 2. The molecule has 1 N–H and O–H groups in total. The molecule has 0 aliphatic rings. The van der Waals surface area contributed by atoms with Crippen LogP contribution in [0, 0.1) is 13.8 Å². The maximum Gasteiger partial charge on any atom is 0.129 e. The summed E-state index contributed by atoms with van der Waals surface area (Å²) in [7, 11) is 0. The standard InChI is InChI=1S/C15H18N2/c1-12-6-5-8-14(13(12)2)7-3-4-9-15-16-10-11-17-15/h4-6,8-11H,3,7H2,1-2H3,(H,16,17)/b9-4+. The van der Waals surface area contributed by atoms with Crippen molar-refractivity contribution in [1.29, 1.82) is 0 Å². The number of imidazole rings is 1.